The number of nitrogens with zero attached hydrogens (tertiary/aromatic N) is 2. The first-order chi connectivity index (χ1) is 15.5. The van der Waals surface area contributed by atoms with Gasteiger partial charge in [-0.2, -0.15) is 0 Å². The van der Waals surface area contributed by atoms with Crippen molar-refractivity contribution in [2.24, 2.45) is 0 Å². The van der Waals surface area contributed by atoms with Crippen LogP contribution in [0.2, 0.25) is 0 Å². The average molecular weight is 438 g/mol. The normalized spacial score (nSPS) is 14.5. The lowest BCUT2D eigenvalue weighted by Gasteiger charge is -2.34. The van der Waals surface area contributed by atoms with E-state index in [1.54, 1.807) is 4.90 Å². The van der Waals surface area contributed by atoms with Crippen molar-refractivity contribution in [2.45, 2.75) is 12.8 Å². The van der Waals surface area contributed by atoms with Gasteiger partial charge in [-0.1, -0.05) is 42.5 Å². The molecule has 1 aliphatic rings. The van der Waals surface area contributed by atoms with E-state index >= 15 is 0 Å². The Morgan fingerprint density at radius 2 is 1.59 bits per heavy atom. The number of esters is 1. The van der Waals surface area contributed by atoms with Gasteiger partial charge in [0, 0.05) is 44.7 Å². The van der Waals surface area contributed by atoms with Crippen molar-refractivity contribution in [3.8, 4) is 0 Å². The maximum Gasteiger partial charge on any atom is 0.306 e. The van der Waals surface area contributed by atoms with E-state index in [1.807, 2.05) is 30.3 Å². The molecule has 2 aromatic carbocycles. The molecule has 0 unspecified atom stereocenters. The number of carbonyl (C=O) groups excluding carboxylic acids is 3. The average Bonchev–Trinajstić information content (AvgIpc) is 2.82. The lowest BCUT2D eigenvalue weighted by molar-refractivity contribution is -0.152. The molecule has 3 rings (SSSR count). The summed E-state index contributed by atoms with van der Waals surface area (Å²) in [5, 5.41) is 0. The monoisotopic (exact) mass is 438 g/mol. The van der Waals surface area contributed by atoms with Gasteiger partial charge in [0.25, 0.3) is 5.91 Å². The van der Waals surface area contributed by atoms with Crippen LogP contribution in [0.25, 0.3) is 6.08 Å². The van der Waals surface area contributed by atoms with Gasteiger partial charge in [0.2, 0.25) is 0 Å². The van der Waals surface area contributed by atoms with Crippen LogP contribution < -0.4 is 0 Å². The van der Waals surface area contributed by atoms with Gasteiger partial charge in [-0.3, -0.25) is 19.3 Å². The zero-order chi connectivity index (χ0) is 22.8. The van der Waals surface area contributed by atoms with Gasteiger partial charge in [0.15, 0.2) is 12.4 Å². The molecule has 32 heavy (non-hydrogen) atoms. The molecule has 0 spiro atoms. The van der Waals surface area contributed by atoms with Crippen LogP contribution in [-0.2, 0) is 14.3 Å². The highest BCUT2D eigenvalue weighted by Crippen LogP contribution is 2.09. The number of halogens is 1. The topological polar surface area (TPSA) is 66.9 Å². The number of amides is 1. The molecule has 0 bridgehead atoms. The van der Waals surface area contributed by atoms with Gasteiger partial charge < -0.3 is 9.64 Å². The molecule has 1 fully saturated rings. The molecule has 2 aromatic rings. The van der Waals surface area contributed by atoms with Crippen molar-refractivity contribution < 1.29 is 23.5 Å². The van der Waals surface area contributed by atoms with Crippen molar-refractivity contribution in [3.05, 3.63) is 77.6 Å². The standard InChI is InChI=1S/C25H27FN2O4/c26-22-10-8-21(9-11-22)23(29)12-13-25(31)32-19-24(30)28-17-15-27(16-18-28)14-4-7-20-5-2-1-3-6-20/h1-11H,12-19H2/b7-4+. The van der Waals surface area contributed by atoms with Crippen LogP contribution in [0.1, 0.15) is 28.8 Å². The number of benzene rings is 2. The van der Waals surface area contributed by atoms with E-state index in [4.69, 9.17) is 4.74 Å². The van der Waals surface area contributed by atoms with Gasteiger partial charge in [0.1, 0.15) is 5.82 Å². The van der Waals surface area contributed by atoms with E-state index in [9.17, 15) is 18.8 Å². The van der Waals surface area contributed by atoms with Gasteiger partial charge >= 0.3 is 5.97 Å². The quantitative estimate of drug-likeness (QED) is 0.444. The fourth-order valence-corrected chi connectivity index (χ4v) is 3.38. The minimum Gasteiger partial charge on any atom is -0.456 e. The Morgan fingerprint density at radius 3 is 2.28 bits per heavy atom. The number of hydrogen-bond donors (Lipinski definition) is 0. The zero-order valence-corrected chi connectivity index (χ0v) is 17.9. The van der Waals surface area contributed by atoms with Crippen LogP contribution in [-0.4, -0.2) is 66.8 Å². The molecule has 0 atom stereocenters. The first-order valence-corrected chi connectivity index (χ1v) is 10.7. The summed E-state index contributed by atoms with van der Waals surface area (Å²) in [6, 6.07) is 15.2. The molecular formula is C25H27FN2O4. The summed E-state index contributed by atoms with van der Waals surface area (Å²) >= 11 is 0. The number of ether oxygens (including phenoxy) is 1. The number of rotatable bonds is 9. The predicted octanol–water partition coefficient (Wildman–Crippen LogP) is 3.19. The molecule has 168 valence electrons. The number of Topliss-reactive ketones (excluding diaryl/α,β-unsaturated/α-hetero) is 1. The Hall–Kier alpha value is -3.32. The van der Waals surface area contributed by atoms with E-state index in [1.165, 1.54) is 24.3 Å². The van der Waals surface area contributed by atoms with E-state index in [0.717, 1.165) is 25.2 Å². The van der Waals surface area contributed by atoms with Gasteiger partial charge in [-0.25, -0.2) is 4.39 Å². The Kier molecular flexibility index (Phi) is 8.69. The molecule has 1 amide bonds. The third kappa shape index (κ3) is 7.42. The highest BCUT2D eigenvalue weighted by atomic mass is 19.1. The van der Waals surface area contributed by atoms with Crippen LogP contribution in [0.3, 0.4) is 0 Å². The number of ketones is 1. The van der Waals surface area contributed by atoms with Gasteiger partial charge in [0.05, 0.1) is 6.42 Å². The highest BCUT2D eigenvalue weighted by molar-refractivity contribution is 5.97. The minimum absolute atomic E-state index is 0.0478. The second-order valence-corrected chi connectivity index (χ2v) is 7.59. The van der Waals surface area contributed by atoms with E-state index in [-0.39, 0.29) is 31.1 Å². The molecule has 0 aromatic heterocycles. The lowest BCUT2D eigenvalue weighted by Crippen LogP contribution is -2.49. The van der Waals surface area contributed by atoms with Crippen molar-refractivity contribution in [1.29, 1.82) is 0 Å². The van der Waals surface area contributed by atoms with Crippen molar-refractivity contribution >= 4 is 23.7 Å². The molecule has 1 heterocycles. The predicted molar refractivity (Wildman–Crippen MR) is 119 cm³/mol. The van der Waals surface area contributed by atoms with Crippen LogP contribution in [0, 0.1) is 5.82 Å². The Balaban J connectivity index is 1.31. The fraction of sp³-hybridized carbons (Fsp3) is 0.320. The lowest BCUT2D eigenvalue weighted by atomic mass is 10.1. The highest BCUT2D eigenvalue weighted by Gasteiger charge is 2.21. The van der Waals surface area contributed by atoms with Crippen LogP contribution in [0.4, 0.5) is 4.39 Å². The first kappa shape index (κ1) is 23.3. The van der Waals surface area contributed by atoms with Gasteiger partial charge in [-0.05, 0) is 29.8 Å². The summed E-state index contributed by atoms with van der Waals surface area (Å²) in [6.07, 6.45) is 4.03. The first-order valence-electron chi connectivity index (χ1n) is 10.7. The van der Waals surface area contributed by atoms with Crippen molar-refractivity contribution in [3.63, 3.8) is 0 Å². The largest absolute Gasteiger partial charge is 0.456 e. The van der Waals surface area contributed by atoms with Crippen molar-refractivity contribution in [1.82, 2.24) is 9.80 Å². The van der Waals surface area contributed by atoms with E-state index in [2.05, 4.69) is 17.1 Å². The minimum atomic E-state index is -0.599. The second kappa shape index (κ2) is 11.9. The van der Waals surface area contributed by atoms with Crippen LogP contribution in [0.5, 0.6) is 0 Å². The Bertz CT molecular complexity index is 936. The summed E-state index contributed by atoms with van der Waals surface area (Å²) in [7, 11) is 0. The van der Waals surface area contributed by atoms with Crippen LogP contribution in [0.15, 0.2) is 60.7 Å². The number of carbonyl (C=O) groups is 3. The Labute approximate surface area is 187 Å². The molecule has 6 nitrogen and oxygen atoms in total. The van der Waals surface area contributed by atoms with Gasteiger partial charge in [-0.15, -0.1) is 0 Å². The molecule has 1 aliphatic heterocycles. The molecule has 0 N–H and O–H groups in total. The summed E-state index contributed by atoms with van der Waals surface area (Å²) in [5.74, 6) is -1.53. The SMILES string of the molecule is O=C(CCC(=O)c1ccc(F)cc1)OCC(=O)N1CCN(C/C=C/c2ccccc2)CC1. The Morgan fingerprint density at radius 1 is 0.906 bits per heavy atom. The molecule has 7 heteroatoms. The summed E-state index contributed by atoms with van der Waals surface area (Å²) < 4.78 is 17.9. The third-order valence-corrected chi connectivity index (χ3v) is 5.28. The molecular weight excluding hydrogens is 411 g/mol. The van der Waals surface area contributed by atoms with E-state index < -0.39 is 11.8 Å². The van der Waals surface area contributed by atoms with Crippen molar-refractivity contribution in [2.75, 3.05) is 39.3 Å². The fourth-order valence-electron chi connectivity index (χ4n) is 3.38. The zero-order valence-electron chi connectivity index (χ0n) is 17.9. The molecule has 0 aliphatic carbocycles. The molecule has 1 saturated heterocycles. The summed E-state index contributed by atoms with van der Waals surface area (Å²) in [6.45, 7) is 3.17. The molecule has 0 saturated carbocycles. The maximum atomic E-state index is 12.9. The second-order valence-electron chi connectivity index (χ2n) is 7.59. The number of hydrogen-bond acceptors (Lipinski definition) is 5. The number of piperazine rings is 1. The van der Waals surface area contributed by atoms with E-state index in [0.29, 0.717) is 18.7 Å². The molecule has 0 radical (unpaired) electrons. The summed E-state index contributed by atoms with van der Waals surface area (Å²) in [5.41, 5.74) is 1.49. The maximum absolute atomic E-state index is 12.9. The van der Waals surface area contributed by atoms with Crippen LogP contribution >= 0.6 is 0 Å². The smallest absolute Gasteiger partial charge is 0.306 e. The third-order valence-electron chi connectivity index (χ3n) is 5.28. The summed E-state index contributed by atoms with van der Waals surface area (Å²) in [4.78, 5) is 40.2.